The normalized spacial score (nSPS) is 23.4. The number of rotatable bonds is 1. The number of carbonyl (C=O) groups is 1. The van der Waals surface area contributed by atoms with Crippen LogP contribution in [0.25, 0.3) is 11.1 Å². The average molecular weight is 379 g/mol. The Hall–Kier alpha value is -1.66. The summed E-state index contributed by atoms with van der Waals surface area (Å²) >= 11 is 0. The highest BCUT2D eigenvalue weighted by atomic mass is 35.5. The number of aromatic nitrogens is 2. The highest BCUT2D eigenvalue weighted by Crippen LogP contribution is 2.30. The first-order chi connectivity index (χ1) is 11.9. The number of hydrogen-bond donors (Lipinski definition) is 1. The average Bonchev–Trinajstić information content (AvgIpc) is 3.15. The molecule has 142 valence electrons. The second kappa shape index (κ2) is 7.16. The number of pyridine rings is 1. The van der Waals surface area contributed by atoms with Gasteiger partial charge in [0, 0.05) is 24.7 Å². The van der Waals surface area contributed by atoms with Gasteiger partial charge < -0.3 is 14.7 Å². The van der Waals surface area contributed by atoms with Crippen molar-refractivity contribution in [1.29, 1.82) is 0 Å². The van der Waals surface area contributed by atoms with Crippen molar-refractivity contribution in [2.75, 3.05) is 26.2 Å². The van der Waals surface area contributed by atoms with Gasteiger partial charge in [0.1, 0.15) is 0 Å². The molecule has 26 heavy (non-hydrogen) atoms. The van der Waals surface area contributed by atoms with Crippen LogP contribution >= 0.6 is 12.4 Å². The molecule has 0 spiro atoms. The van der Waals surface area contributed by atoms with Gasteiger partial charge in [-0.3, -0.25) is 4.79 Å². The molecule has 0 aromatic carbocycles. The summed E-state index contributed by atoms with van der Waals surface area (Å²) in [6.07, 6.45) is 3.79. The van der Waals surface area contributed by atoms with Crippen LogP contribution in [0.15, 0.2) is 16.8 Å². The van der Waals surface area contributed by atoms with Gasteiger partial charge in [-0.15, -0.1) is 12.4 Å². The maximum atomic E-state index is 13.0. The molecule has 4 rings (SSSR count). The van der Waals surface area contributed by atoms with Crippen LogP contribution in [-0.2, 0) is 5.41 Å². The lowest BCUT2D eigenvalue weighted by Gasteiger charge is -2.21. The van der Waals surface area contributed by atoms with Crippen molar-refractivity contribution < 1.29 is 9.32 Å². The van der Waals surface area contributed by atoms with Gasteiger partial charge >= 0.3 is 0 Å². The molecule has 2 atom stereocenters. The van der Waals surface area contributed by atoms with Gasteiger partial charge in [-0.05, 0) is 43.8 Å². The molecule has 0 unspecified atom stereocenters. The first-order valence-corrected chi connectivity index (χ1v) is 9.19. The number of carbonyl (C=O) groups excluding carboxylic acids is 1. The fourth-order valence-corrected chi connectivity index (χ4v) is 4.09. The molecular formula is C19H27ClN4O2. The molecule has 2 aromatic heterocycles. The Morgan fingerprint density at radius 3 is 2.50 bits per heavy atom. The van der Waals surface area contributed by atoms with E-state index in [4.69, 9.17) is 4.52 Å². The van der Waals surface area contributed by atoms with Gasteiger partial charge in [0.2, 0.25) is 0 Å². The van der Waals surface area contributed by atoms with Gasteiger partial charge in [-0.25, -0.2) is 4.98 Å². The van der Waals surface area contributed by atoms with Crippen molar-refractivity contribution >= 4 is 29.4 Å². The maximum Gasteiger partial charge on any atom is 0.257 e. The largest absolute Gasteiger partial charge is 0.339 e. The molecule has 2 fully saturated rings. The summed E-state index contributed by atoms with van der Waals surface area (Å²) in [6.45, 7) is 10.1. The van der Waals surface area contributed by atoms with Gasteiger partial charge in [0.05, 0.1) is 16.6 Å². The topological polar surface area (TPSA) is 71.3 Å². The fourth-order valence-electron chi connectivity index (χ4n) is 4.09. The summed E-state index contributed by atoms with van der Waals surface area (Å²) in [5.74, 6) is 1.50. The lowest BCUT2D eigenvalue weighted by molar-refractivity contribution is 0.0758. The third-order valence-corrected chi connectivity index (χ3v) is 5.59. The minimum absolute atomic E-state index is 0. The van der Waals surface area contributed by atoms with Crippen LogP contribution in [0.1, 0.15) is 49.7 Å². The first kappa shape index (κ1) is 19.1. The van der Waals surface area contributed by atoms with Crippen molar-refractivity contribution in [3.8, 4) is 0 Å². The summed E-state index contributed by atoms with van der Waals surface area (Å²) in [6, 6.07) is 1.90. The summed E-state index contributed by atoms with van der Waals surface area (Å²) in [5, 5.41) is 8.48. The van der Waals surface area contributed by atoms with E-state index in [1.165, 1.54) is 0 Å². The third kappa shape index (κ3) is 3.45. The highest BCUT2D eigenvalue weighted by Gasteiger charge is 2.32. The standard InChI is InChI=1S/C19H26N4O2.ClH/c1-19(2,3)16-15-8-14(11-21-17(15)25-22-16)18(24)23-6-4-12-9-20-10-13(12)5-7-23;/h8,11-13,20H,4-7,9-10H2,1-3H3;1H/t12-,13+;. The number of halogens is 1. The monoisotopic (exact) mass is 378 g/mol. The summed E-state index contributed by atoms with van der Waals surface area (Å²) in [5.41, 5.74) is 1.83. The number of amides is 1. The van der Waals surface area contributed by atoms with E-state index in [1.807, 2.05) is 11.0 Å². The molecule has 2 aromatic rings. The Morgan fingerprint density at radius 2 is 1.88 bits per heavy atom. The van der Waals surface area contributed by atoms with Crippen molar-refractivity contribution in [2.45, 2.75) is 39.0 Å². The van der Waals surface area contributed by atoms with Crippen molar-refractivity contribution in [2.24, 2.45) is 11.8 Å². The molecule has 2 saturated heterocycles. The molecule has 4 heterocycles. The molecule has 0 aliphatic carbocycles. The van der Waals surface area contributed by atoms with Crippen molar-refractivity contribution in [3.63, 3.8) is 0 Å². The van der Waals surface area contributed by atoms with E-state index in [2.05, 4.69) is 36.2 Å². The van der Waals surface area contributed by atoms with E-state index in [9.17, 15) is 4.79 Å². The fraction of sp³-hybridized carbons (Fsp3) is 0.632. The van der Waals surface area contributed by atoms with Crippen LogP contribution < -0.4 is 5.32 Å². The second-order valence-corrected chi connectivity index (χ2v) is 8.41. The Labute approximate surface area is 160 Å². The summed E-state index contributed by atoms with van der Waals surface area (Å²) < 4.78 is 5.33. The number of nitrogens with zero attached hydrogens (tertiary/aromatic N) is 3. The molecule has 0 radical (unpaired) electrons. The minimum Gasteiger partial charge on any atom is -0.339 e. The predicted octanol–water partition coefficient (Wildman–Crippen LogP) is 3.01. The Kier molecular flexibility index (Phi) is 5.26. The van der Waals surface area contributed by atoms with Crippen LogP contribution in [0.2, 0.25) is 0 Å². The predicted molar refractivity (Wildman–Crippen MR) is 103 cm³/mol. The number of hydrogen-bond acceptors (Lipinski definition) is 5. The Balaban J connectivity index is 0.00000196. The Bertz CT molecular complexity index is 784. The summed E-state index contributed by atoms with van der Waals surface area (Å²) in [4.78, 5) is 19.3. The highest BCUT2D eigenvalue weighted by molar-refractivity contribution is 5.97. The van der Waals surface area contributed by atoms with Gasteiger partial charge in [0.15, 0.2) is 0 Å². The second-order valence-electron chi connectivity index (χ2n) is 8.41. The SMILES string of the molecule is CC(C)(C)c1noc2ncc(C(=O)N3CC[C@@H]4CNC[C@@H]4CC3)cc12.Cl. The zero-order valence-electron chi connectivity index (χ0n) is 15.6. The van der Waals surface area contributed by atoms with Crippen LogP contribution in [-0.4, -0.2) is 47.1 Å². The molecule has 1 amide bonds. The summed E-state index contributed by atoms with van der Waals surface area (Å²) in [7, 11) is 0. The number of likely N-dealkylation sites (tertiary alicyclic amines) is 1. The van der Waals surface area contributed by atoms with Gasteiger partial charge in [-0.1, -0.05) is 25.9 Å². The van der Waals surface area contributed by atoms with Crippen LogP contribution in [0, 0.1) is 11.8 Å². The van der Waals surface area contributed by atoms with Crippen LogP contribution in [0.3, 0.4) is 0 Å². The molecule has 6 nitrogen and oxygen atoms in total. The van der Waals surface area contributed by atoms with E-state index in [0.29, 0.717) is 23.1 Å². The van der Waals surface area contributed by atoms with Crippen LogP contribution in [0.5, 0.6) is 0 Å². The quantitative estimate of drug-likeness (QED) is 0.825. The van der Waals surface area contributed by atoms with Crippen molar-refractivity contribution in [1.82, 2.24) is 20.4 Å². The third-order valence-electron chi connectivity index (χ3n) is 5.59. The van der Waals surface area contributed by atoms with Crippen LogP contribution in [0.4, 0.5) is 0 Å². The smallest absolute Gasteiger partial charge is 0.257 e. The van der Waals surface area contributed by atoms with E-state index in [0.717, 1.165) is 50.1 Å². The molecule has 0 saturated carbocycles. The zero-order chi connectivity index (χ0) is 17.6. The minimum atomic E-state index is -0.151. The maximum absolute atomic E-state index is 13.0. The first-order valence-electron chi connectivity index (χ1n) is 9.19. The van der Waals surface area contributed by atoms with E-state index >= 15 is 0 Å². The Morgan fingerprint density at radius 1 is 1.23 bits per heavy atom. The molecule has 7 heteroatoms. The van der Waals surface area contributed by atoms with E-state index in [-0.39, 0.29) is 23.7 Å². The molecule has 2 aliphatic heterocycles. The molecule has 0 bridgehead atoms. The lowest BCUT2D eigenvalue weighted by atomic mass is 9.90. The van der Waals surface area contributed by atoms with E-state index < -0.39 is 0 Å². The number of fused-ring (bicyclic) bond motifs is 2. The molecule has 1 N–H and O–H groups in total. The molecular weight excluding hydrogens is 352 g/mol. The number of nitrogens with one attached hydrogen (secondary N) is 1. The van der Waals surface area contributed by atoms with Crippen molar-refractivity contribution in [3.05, 3.63) is 23.5 Å². The van der Waals surface area contributed by atoms with E-state index in [1.54, 1.807) is 6.20 Å². The lowest BCUT2D eigenvalue weighted by Crippen LogP contribution is -2.32. The molecule has 2 aliphatic rings. The van der Waals surface area contributed by atoms with Gasteiger partial charge in [0.25, 0.3) is 11.6 Å². The zero-order valence-corrected chi connectivity index (χ0v) is 16.4. The van der Waals surface area contributed by atoms with Gasteiger partial charge in [-0.2, -0.15) is 0 Å².